The Bertz CT molecular complexity index is 747. The van der Waals surface area contributed by atoms with Crippen LogP contribution in [0.25, 0.3) is 0 Å². The van der Waals surface area contributed by atoms with Crippen LogP contribution in [0.1, 0.15) is 28.7 Å². The number of ether oxygens (including phenoxy) is 1. The van der Waals surface area contributed by atoms with Crippen molar-refractivity contribution in [1.29, 1.82) is 0 Å². The number of aromatic nitrogens is 2. The standard InChI is InChI=1S/C17H18FN3O2/c1-4-9-23-15-8-6-7-12(16(15)18)11-19-17(22)14-10-13(5-2)20-21(14)3/h1,6-8,10H,5,9,11H2,2-3H3,(H,19,22). The lowest BCUT2D eigenvalue weighted by Gasteiger charge is -2.09. The van der Waals surface area contributed by atoms with Crippen LogP contribution < -0.4 is 10.1 Å². The number of nitrogens with zero attached hydrogens (tertiary/aromatic N) is 2. The van der Waals surface area contributed by atoms with E-state index in [0.717, 1.165) is 12.1 Å². The van der Waals surface area contributed by atoms with Crippen molar-refractivity contribution >= 4 is 5.91 Å². The summed E-state index contributed by atoms with van der Waals surface area (Å²) in [7, 11) is 1.70. The summed E-state index contributed by atoms with van der Waals surface area (Å²) >= 11 is 0. The second-order valence-electron chi connectivity index (χ2n) is 4.90. The van der Waals surface area contributed by atoms with E-state index in [-0.39, 0.29) is 24.8 Å². The maximum absolute atomic E-state index is 14.2. The molecule has 0 saturated carbocycles. The van der Waals surface area contributed by atoms with Gasteiger partial charge in [-0.15, -0.1) is 6.42 Å². The van der Waals surface area contributed by atoms with Crippen molar-refractivity contribution in [3.05, 3.63) is 47.0 Å². The molecule has 23 heavy (non-hydrogen) atoms. The predicted octanol–water partition coefficient (Wildman–Crippen LogP) is 2.06. The maximum Gasteiger partial charge on any atom is 0.269 e. The lowest BCUT2D eigenvalue weighted by Crippen LogP contribution is -2.25. The number of carbonyl (C=O) groups excluding carboxylic acids is 1. The molecule has 0 spiro atoms. The Morgan fingerprint density at radius 3 is 2.96 bits per heavy atom. The van der Waals surface area contributed by atoms with E-state index in [1.165, 1.54) is 10.7 Å². The average Bonchev–Trinajstić information content (AvgIpc) is 2.93. The van der Waals surface area contributed by atoms with Crippen LogP contribution in [0.15, 0.2) is 24.3 Å². The SMILES string of the molecule is C#CCOc1cccc(CNC(=O)c2cc(CC)nn2C)c1F. The Morgan fingerprint density at radius 2 is 2.30 bits per heavy atom. The van der Waals surface area contributed by atoms with Crippen molar-refractivity contribution in [3.8, 4) is 18.1 Å². The van der Waals surface area contributed by atoms with Gasteiger partial charge in [0.05, 0.1) is 5.69 Å². The van der Waals surface area contributed by atoms with Crippen LogP contribution >= 0.6 is 0 Å². The first-order chi connectivity index (χ1) is 11.1. The van der Waals surface area contributed by atoms with Crippen molar-refractivity contribution in [2.75, 3.05) is 6.61 Å². The fourth-order valence-corrected chi connectivity index (χ4v) is 2.10. The third kappa shape index (κ3) is 3.89. The zero-order chi connectivity index (χ0) is 16.8. The van der Waals surface area contributed by atoms with E-state index in [2.05, 4.69) is 16.3 Å². The molecule has 5 nitrogen and oxygen atoms in total. The first-order valence-corrected chi connectivity index (χ1v) is 7.21. The monoisotopic (exact) mass is 315 g/mol. The molecule has 2 aromatic rings. The third-order valence-corrected chi connectivity index (χ3v) is 3.32. The Kier molecular flexibility index (Phi) is 5.36. The molecule has 1 N–H and O–H groups in total. The molecule has 0 saturated heterocycles. The molecule has 120 valence electrons. The maximum atomic E-state index is 14.2. The lowest BCUT2D eigenvalue weighted by molar-refractivity contribution is 0.0941. The Hall–Kier alpha value is -2.81. The summed E-state index contributed by atoms with van der Waals surface area (Å²) in [5.74, 6) is 1.52. The number of halogens is 1. The molecule has 1 aromatic heterocycles. The fraction of sp³-hybridized carbons (Fsp3) is 0.294. The van der Waals surface area contributed by atoms with Gasteiger partial charge in [-0.05, 0) is 18.6 Å². The molecule has 1 amide bonds. The van der Waals surface area contributed by atoms with Gasteiger partial charge in [-0.1, -0.05) is 25.0 Å². The van der Waals surface area contributed by atoms with Crippen molar-refractivity contribution in [3.63, 3.8) is 0 Å². The number of aryl methyl sites for hydroxylation is 2. The van der Waals surface area contributed by atoms with Gasteiger partial charge in [-0.2, -0.15) is 5.10 Å². The molecule has 0 bridgehead atoms. The molecule has 0 atom stereocenters. The Balaban J connectivity index is 2.07. The van der Waals surface area contributed by atoms with Crippen molar-refractivity contribution < 1.29 is 13.9 Å². The smallest absolute Gasteiger partial charge is 0.269 e. The normalized spacial score (nSPS) is 10.2. The quantitative estimate of drug-likeness (QED) is 0.830. The van der Waals surface area contributed by atoms with Gasteiger partial charge in [0.15, 0.2) is 11.6 Å². The summed E-state index contributed by atoms with van der Waals surface area (Å²) in [5, 5.41) is 6.90. The highest BCUT2D eigenvalue weighted by Crippen LogP contribution is 2.20. The minimum Gasteiger partial charge on any atom is -0.478 e. The Labute approximate surface area is 134 Å². The number of hydrogen-bond donors (Lipinski definition) is 1. The van der Waals surface area contributed by atoms with E-state index in [1.807, 2.05) is 6.92 Å². The van der Waals surface area contributed by atoms with Crippen molar-refractivity contribution in [2.45, 2.75) is 19.9 Å². The number of rotatable bonds is 6. The molecule has 1 aromatic carbocycles. The van der Waals surface area contributed by atoms with Gasteiger partial charge in [0.2, 0.25) is 0 Å². The number of benzene rings is 1. The predicted molar refractivity (Wildman–Crippen MR) is 84.5 cm³/mol. The summed E-state index contributed by atoms with van der Waals surface area (Å²) in [6.07, 6.45) is 5.83. The van der Waals surface area contributed by atoms with Gasteiger partial charge < -0.3 is 10.1 Å². The summed E-state index contributed by atoms with van der Waals surface area (Å²) in [5.41, 5.74) is 1.58. The number of hydrogen-bond acceptors (Lipinski definition) is 3. The van der Waals surface area contributed by atoms with Crippen LogP contribution in [0.2, 0.25) is 0 Å². The van der Waals surface area contributed by atoms with E-state index in [9.17, 15) is 9.18 Å². The topological polar surface area (TPSA) is 56.1 Å². The van der Waals surface area contributed by atoms with Gasteiger partial charge in [0.1, 0.15) is 12.3 Å². The van der Waals surface area contributed by atoms with Crippen molar-refractivity contribution in [2.24, 2.45) is 7.05 Å². The second kappa shape index (κ2) is 7.45. The summed E-state index contributed by atoms with van der Waals surface area (Å²) in [4.78, 5) is 12.2. The third-order valence-electron chi connectivity index (χ3n) is 3.32. The largest absolute Gasteiger partial charge is 0.478 e. The molecular weight excluding hydrogens is 297 g/mol. The highest BCUT2D eigenvalue weighted by molar-refractivity contribution is 5.92. The molecule has 0 aliphatic carbocycles. The number of carbonyl (C=O) groups is 1. The molecule has 0 fully saturated rings. The van der Waals surface area contributed by atoms with E-state index in [1.54, 1.807) is 25.2 Å². The highest BCUT2D eigenvalue weighted by atomic mass is 19.1. The van der Waals surface area contributed by atoms with E-state index in [0.29, 0.717) is 11.3 Å². The Morgan fingerprint density at radius 1 is 1.52 bits per heavy atom. The summed E-state index contributed by atoms with van der Waals surface area (Å²) in [6.45, 7) is 1.99. The van der Waals surface area contributed by atoms with E-state index >= 15 is 0 Å². The van der Waals surface area contributed by atoms with Crippen LogP contribution in [-0.4, -0.2) is 22.3 Å². The van der Waals surface area contributed by atoms with E-state index in [4.69, 9.17) is 11.2 Å². The van der Waals surface area contributed by atoms with E-state index < -0.39 is 5.82 Å². The summed E-state index contributed by atoms with van der Waals surface area (Å²) < 4.78 is 20.9. The zero-order valence-electron chi connectivity index (χ0n) is 13.1. The molecular formula is C17H18FN3O2. The average molecular weight is 315 g/mol. The minimum atomic E-state index is -0.526. The first-order valence-electron chi connectivity index (χ1n) is 7.21. The lowest BCUT2D eigenvalue weighted by atomic mass is 10.2. The molecule has 1 heterocycles. The van der Waals surface area contributed by atoms with Crippen LogP contribution in [-0.2, 0) is 20.0 Å². The first kappa shape index (κ1) is 16.6. The van der Waals surface area contributed by atoms with Crippen molar-refractivity contribution in [1.82, 2.24) is 15.1 Å². The van der Waals surface area contributed by atoms with Gasteiger partial charge in [0, 0.05) is 19.2 Å². The van der Waals surface area contributed by atoms with Gasteiger partial charge in [-0.3, -0.25) is 9.48 Å². The molecule has 0 aliphatic rings. The fourth-order valence-electron chi connectivity index (χ4n) is 2.10. The van der Waals surface area contributed by atoms with Crippen LogP contribution in [0.3, 0.4) is 0 Å². The van der Waals surface area contributed by atoms with Crippen LogP contribution in [0.4, 0.5) is 4.39 Å². The zero-order valence-corrected chi connectivity index (χ0v) is 13.1. The molecule has 0 aliphatic heterocycles. The highest BCUT2D eigenvalue weighted by Gasteiger charge is 2.14. The molecule has 0 unspecified atom stereocenters. The summed E-state index contributed by atoms with van der Waals surface area (Å²) in [6, 6.07) is 6.44. The minimum absolute atomic E-state index is 0.0124. The molecule has 0 radical (unpaired) electrons. The van der Waals surface area contributed by atoms with Gasteiger partial charge in [0.25, 0.3) is 5.91 Å². The van der Waals surface area contributed by atoms with Crippen LogP contribution in [0.5, 0.6) is 5.75 Å². The van der Waals surface area contributed by atoms with Crippen LogP contribution in [0, 0.1) is 18.2 Å². The van der Waals surface area contributed by atoms with Gasteiger partial charge in [-0.25, -0.2) is 4.39 Å². The number of terminal acetylenes is 1. The van der Waals surface area contributed by atoms with Gasteiger partial charge >= 0.3 is 0 Å². The molecule has 2 rings (SSSR count). The molecule has 6 heteroatoms. The number of amides is 1. The second-order valence-corrected chi connectivity index (χ2v) is 4.90. The number of nitrogens with one attached hydrogen (secondary N) is 1.